The van der Waals surface area contributed by atoms with Gasteiger partial charge in [0, 0.05) is 48.9 Å². The molecule has 3 aromatic rings. The Kier molecular flexibility index (Phi) is 8.25. The molecule has 0 saturated carbocycles. The molecule has 10 nitrogen and oxygen atoms in total. The smallest absolute Gasteiger partial charge is 0.318 e. The summed E-state index contributed by atoms with van der Waals surface area (Å²) >= 11 is 6.72. The van der Waals surface area contributed by atoms with Gasteiger partial charge >= 0.3 is 6.01 Å². The van der Waals surface area contributed by atoms with E-state index in [1.54, 1.807) is 11.0 Å². The molecule has 45 heavy (non-hydrogen) atoms. The number of likely N-dealkylation sites (tertiary alicyclic amines) is 1. The number of likely N-dealkylation sites (N-methyl/N-ethyl adjacent to an activating group) is 1. The van der Waals surface area contributed by atoms with E-state index in [2.05, 4.69) is 58.7 Å². The number of aromatic nitrogens is 2. The lowest BCUT2D eigenvalue weighted by Gasteiger charge is -2.42. The lowest BCUT2D eigenvalue weighted by molar-refractivity contribution is -0.135. The first-order valence-electron chi connectivity index (χ1n) is 15.8. The Balaban J connectivity index is 1.19. The number of anilines is 2. The second-order valence-corrected chi connectivity index (χ2v) is 12.8. The summed E-state index contributed by atoms with van der Waals surface area (Å²) in [5.41, 5.74) is 3.11. The van der Waals surface area contributed by atoms with Crippen LogP contribution in [0.5, 0.6) is 6.01 Å². The minimum absolute atomic E-state index is 0.0707. The Morgan fingerprint density at radius 1 is 1.16 bits per heavy atom. The first kappa shape index (κ1) is 29.8. The van der Waals surface area contributed by atoms with E-state index in [0.717, 1.165) is 70.9 Å². The summed E-state index contributed by atoms with van der Waals surface area (Å²) in [5.74, 6) is 0.769. The maximum absolute atomic E-state index is 13.2. The van der Waals surface area contributed by atoms with Gasteiger partial charge in [-0.1, -0.05) is 41.9 Å². The van der Waals surface area contributed by atoms with Crippen molar-refractivity contribution in [2.24, 2.45) is 0 Å². The third kappa shape index (κ3) is 5.81. The summed E-state index contributed by atoms with van der Waals surface area (Å²) in [6.45, 7) is 8.30. The van der Waals surface area contributed by atoms with Crippen LogP contribution < -0.4 is 14.5 Å². The van der Waals surface area contributed by atoms with Crippen LogP contribution in [0.15, 0.2) is 49.1 Å². The second-order valence-electron chi connectivity index (χ2n) is 12.4. The van der Waals surface area contributed by atoms with Gasteiger partial charge in [0.2, 0.25) is 0 Å². The number of fused-ring (bicyclic) bond motifs is 2. The number of rotatable bonds is 8. The van der Waals surface area contributed by atoms with Gasteiger partial charge in [0.05, 0.1) is 35.8 Å². The fraction of sp³-hybridized carbons (Fsp3) is 0.471. The molecule has 2 aromatic carbocycles. The van der Waals surface area contributed by atoms with Crippen LogP contribution >= 0.6 is 11.6 Å². The molecule has 0 N–H and O–H groups in total. The van der Waals surface area contributed by atoms with Crippen molar-refractivity contribution < 1.29 is 14.3 Å². The highest BCUT2D eigenvalue weighted by Gasteiger charge is 2.47. The van der Waals surface area contributed by atoms with Crippen LogP contribution in [-0.2, 0) is 22.5 Å². The summed E-state index contributed by atoms with van der Waals surface area (Å²) < 4.78 is 11.8. The minimum atomic E-state index is -0.496. The van der Waals surface area contributed by atoms with Gasteiger partial charge in [-0.05, 0) is 50.4 Å². The topological polar surface area (TPSA) is 101 Å². The second kappa shape index (κ2) is 12.5. The molecule has 11 heteroatoms. The lowest BCUT2D eigenvalue weighted by atomic mass is 10.0. The predicted molar refractivity (Wildman–Crippen MR) is 174 cm³/mol. The average Bonchev–Trinajstić information content (AvgIpc) is 3.74. The first-order chi connectivity index (χ1) is 21.9. The maximum atomic E-state index is 13.2. The summed E-state index contributed by atoms with van der Waals surface area (Å²) in [6.07, 6.45) is 4.14. The highest BCUT2D eigenvalue weighted by atomic mass is 35.5. The number of nitrogens with zero attached hydrogens (tertiary/aromatic N) is 7. The molecular formula is C34H38ClN7O3. The van der Waals surface area contributed by atoms with Crippen LogP contribution in [0.25, 0.3) is 10.8 Å². The number of amides is 1. The summed E-state index contributed by atoms with van der Waals surface area (Å²) in [6, 6.07) is 15.0. The first-order valence-corrected chi connectivity index (χ1v) is 16.2. The fourth-order valence-electron chi connectivity index (χ4n) is 7.10. The van der Waals surface area contributed by atoms with E-state index in [9.17, 15) is 10.1 Å². The van der Waals surface area contributed by atoms with E-state index >= 15 is 0 Å². The Morgan fingerprint density at radius 2 is 2.00 bits per heavy atom. The van der Waals surface area contributed by atoms with Crippen molar-refractivity contribution in [2.45, 2.75) is 56.5 Å². The van der Waals surface area contributed by atoms with Crippen molar-refractivity contribution in [3.05, 3.63) is 65.3 Å². The molecule has 5 heterocycles. The Labute approximate surface area is 268 Å². The highest BCUT2D eigenvalue weighted by molar-refractivity contribution is 6.36. The molecule has 3 fully saturated rings. The molecule has 1 aromatic heterocycles. The number of carbonyl (C=O) groups excluding carboxylic acids is 1. The molecule has 4 atom stereocenters. The van der Waals surface area contributed by atoms with E-state index in [0.29, 0.717) is 44.8 Å². The number of hydrogen-bond donors (Lipinski definition) is 0. The van der Waals surface area contributed by atoms with Crippen LogP contribution in [0.1, 0.15) is 30.5 Å². The molecule has 0 bridgehead atoms. The Hall–Kier alpha value is -3.91. The number of carbonyl (C=O) groups is 1. The molecule has 0 spiro atoms. The average molecular weight is 628 g/mol. The van der Waals surface area contributed by atoms with Crippen molar-refractivity contribution in [1.29, 1.82) is 5.26 Å². The van der Waals surface area contributed by atoms with Gasteiger partial charge in [-0.25, -0.2) is 0 Å². The summed E-state index contributed by atoms with van der Waals surface area (Å²) in [5, 5.41) is 12.5. The molecule has 0 aliphatic carbocycles. The number of halogens is 1. The SMILES string of the molecule is C=C[C@H]1O[C@H]1C(=O)N1CCN(c2nc(OC[C@@H]3CCCN3C)nc3c2CCN(c2cccc4cccc(Cl)c24)C3)C[C@@H]1CC#N. The van der Waals surface area contributed by atoms with Crippen molar-refractivity contribution in [1.82, 2.24) is 19.8 Å². The molecule has 1 amide bonds. The minimum Gasteiger partial charge on any atom is -0.462 e. The maximum Gasteiger partial charge on any atom is 0.318 e. The molecular weight excluding hydrogens is 590 g/mol. The van der Waals surface area contributed by atoms with Crippen LogP contribution in [-0.4, -0.2) is 96.3 Å². The van der Waals surface area contributed by atoms with Crippen LogP contribution in [0.4, 0.5) is 11.5 Å². The number of piperazine rings is 1. The van der Waals surface area contributed by atoms with Gasteiger partial charge in [0.1, 0.15) is 18.5 Å². The largest absolute Gasteiger partial charge is 0.462 e. The number of benzene rings is 2. The van der Waals surface area contributed by atoms with Crippen molar-refractivity contribution in [2.75, 3.05) is 56.2 Å². The molecule has 3 saturated heterocycles. The Bertz CT molecular complexity index is 1660. The molecule has 4 aliphatic heterocycles. The predicted octanol–water partition coefficient (Wildman–Crippen LogP) is 4.20. The zero-order valence-corrected chi connectivity index (χ0v) is 26.3. The van der Waals surface area contributed by atoms with Gasteiger partial charge in [-0.3, -0.25) is 4.79 Å². The monoisotopic (exact) mass is 627 g/mol. The zero-order chi connectivity index (χ0) is 31.1. The normalized spacial score (nSPS) is 24.8. The standard InChI is InChI=1S/C34H38ClN7O3/c1-3-29-31(45-29)33(43)42-18-17-41(19-23(42)12-14-36)32-25-13-16-40(28-11-5-8-22-7-4-10-26(35)30(22)28)20-27(25)37-34(38-32)44-21-24-9-6-15-39(24)2/h3-5,7-8,10-11,23-24,29,31H,1,6,9,12-13,15-21H2,2H3/t23-,24-,29+,31+/m0/s1. The summed E-state index contributed by atoms with van der Waals surface area (Å²) in [7, 11) is 2.13. The number of ether oxygens (including phenoxy) is 2. The number of epoxide rings is 1. The van der Waals surface area contributed by atoms with Gasteiger partial charge in [0.15, 0.2) is 6.10 Å². The van der Waals surface area contributed by atoms with E-state index in [1.807, 2.05) is 12.1 Å². The van der Waals surface area contributed by atoms with Crippen molar-refractivity contribution in [3.63, 3.8) is 0 Å². The molecule has 4 aliphatic rings. The van der Waals surface area contributed by atoms with Gasteiger partial charge in [0.25, 0.3) is 5.91 Å². The fourth-order valence-corrected chi connectivity index (χ4v) is 7.38. The van der Waals surface area contributed by atoms with E-state index < -0.39 is 6.10 Å². The highest BCUT2D eigenvalue weighted by Crippen LogP contribution is 2.37. The number of hydrogen-bond acceptors (Lipinski definition) is 9. The third-order valence-electron chi connectivity index (χ3n) is 9.67. The van der Waals surface area contributed by atoms with Gasteiger partial charge in [-0.2, -0.15) is 15.2 Å². The van der Waals surface area contributed by atoms with Gasteiger partial charge in [-0.15, -0.1) is 6.58 Å². The zero-order valence-electron chi connectivity index (χ0n) is 25.6. The number of nitriles is 1. The van der Waals surface area contributed by atoms with Crippen LogP contribution in [0.2, 0.25) is 5.02 Å². The quantitative estimate of drug-likeness (QED) is 0.269. The van der Waals surface area contributed by atoms with E-state index in [-0.39, 0.29) is 24.5 Å². The van der Waals surface area contributed by atoms with E-state index in [1.165, 1.54) is 0 Å². The Morgan fingerprint density at radius 3 is 2.76 bits per heavy atom. The molecule has 0 radical (unpaired) electrons. The van der Waals surface area contributed by atoms with Crippen LogP contribution in [0.3, 0.4) is 0 Å². The van der Waals surface area contributed by atoms with Gasteiger partial charge < -0.3 is 29.1 Å². The lowest BCUT2D eigenvalue weighted by Crippen LogP contribution is -2.57. The molecule has 7 rings (SSSR count). The molecule has 234 valence electrons. The summed E-state index contributed by atoms with van der Waals surface area (Å²) in [4.78, 5) is 31.9. The van der Waals surface area contributed by atoms with E-state index in [4.69, 9.17) is 31.0 Å². The van der Waals surface area contributed by atoms with Crippen LogP contribution in [0, 0.1) is 11.3 Å². The third-order valence-corrected chi connectivity index (χ3v) is 9.98. The van der Waals surface area contributed by atoms with Crippen molar-refractivity contribution in [3.8, 4) is 12.1 Å². The molecule has 0 unspecified atom stereocenters. The van der Waals surface area contributed by atoms with Crippen molar-refractivity contribution >= 4 is 39.8 Å².